The Labute approximate surface area is 146 Å². The van der Waals surface area contributed by atoms with Crippen LogP contribution in [0, 0.1) is 0 Å². The van der Waals surface area contributed by atoms with E-state index in [0.29, 0.717) is 18.3 Å². The van der Waals surface area contributed by atoms with Gasteiger partial charge in [0.15, 0.2) is 6.10 Å². The average molecular weight is 347 g/mol. The van der Waals surface area contributed by atoms with Gasteiger partial charge in [-0.15, -0.1) is 0 Å². The standard InChI is InChI=1S/C18H19ClN2O3/c19-17-7-6-15(10-20-17)13-24-18(22)16-12-21(8-9-23-16)11-14-4-2-1-3-5-14/h1-7,10,16H,8-9,11-13H2. The maximum atomic E-state index is 12.2. The lowest BCUT2D eigenvalue weighted by Gasteiger charge is -2.31. The zero-order valence-corrected chi connectivity index (χ0v) is 14.0. The van der Waals surface area contributed by atoms with Crippen molar-refractivity contribution in [3.05, 3.63) is 64.9 Å². The molecule has 0 radical (unpaired) electrons. The van der Waals surface area contributed by atoms with Crippen LogP contribution in [0.5, 0.6) is 0 Å². The zero-order chi connectivity index (χ0) is 16.8. The molecule has 1 unspecified atom stereocenters. The van der Waals surface area contributed by atoms with Crippen LogP contribution in [0.4, 0.5) is 0 Å². The summed E-state index contributed by atoms with van der Waals surface area (Å²) in [6, 6.07) is 13.6. The third kappa shape index (κ3) is 4.77. The van der Waals surface area contributed by atoms with Gasteiger partial charge < -0.3 is 9.47 Å². The third-order valence-corrected chi connectivity index (χ3v) is 4.06. The van der Waals surface area contributed by atoms with Crippen LogP contribution in [0.2, 0.25) is 5.15 Å². The van der Waals surface area contributed by atoms with Crippen LogP contribution in [-0.2, 0) is 27.4 Å². The van der Waals surface area contributed by atoms with Gasteiger partial charge in [0.05, 0.1) is 6.61 Å². The lowest BCUT2D eigenvalue weighted by molar-refractivity contribution is -0.164. The second-order valence-electron chi connectivity index (χ2n) is 5.68. The zero-order valence-electron chi connectivity index (χ0n) is 13.2. The van der Waals surface area contributed by atoms with Crippen LogP contribution in [0.15, 0.2) is 48.7 Å². The van der Waals surface area contributed by atoms with Gasteiger partial charge in [-0.05, 0) is 11.6 Å². The third-order valence-electron chi connectivity index (χ3n) is 3.83. The van der Waals surface area contributed by atoms with Crippen molar-refractivity contribution in [2.24, 2.45) is 0 Å². The lowest BCUT2D eigenvalue weighted by Crippen LogP contribution is -2.46. The van der Waals surface area contributed by atoms with Gasteiger partial charge in [0.25, 0.3) is 0 Å². The Morgan fingerprint density at radius 3 is 2.83 bits per heavy atom. The fraction of sp³-hybridized carbons (Fsp3) is 0.333. The number of carbonyl (C=O) groups is 1. The van der Waals surface area contributed by atoms with E-state index in [0.717, 1.165) is 18.7 Å². The van der Waals surface area contributed by atoms with Crippen molar-refractivity contribution in [3.63, 3.8) is 0 Å². The number of pyridine rings is 1. The molecule has 126 valence electrons. The molecule has 1 aromatic heterocycles. The molecule has 5 nitrogen and oxygen atoms in total. The molecule has 0 bridgehead atoms. The summed E-state index contributed by atoms with van der Waals surface area (Å²) in [4.78, 5) is 18.4. The molecular weight excluding hydrogens is 328 g/mol. The topological polar surface area (TPSA) is 51.7 Å². The highest BCUT2D eigenvalue weighted by Gasteiger charge is 2.28. The number of hydrogen-bond donors (Lipinski definition) is 0. The molecule has 1 aromatic carbocycles. The number of ether oxygens (including phenoxy) is 2. The van der Waals surface area contributed by atoms with E-state index in [9.17, 15) is 4.79 Å². The van der Waals surface area contributed by atoms with E-state index < -0.39 is 6.10 Å². The summed E-state index contributed by atoms with van der Waals surface area (Å²) in [5.41, 5.74) is 2.02. The number of hydrogen-bond acceptors (Lipinski definition) is 5. The first-order chi connectivity index (χ1) is 11.7. The summed E-state index contributed by atoms with van der Waals surface area (Å²) in [7, 11) is 0. The Morgan fingerprint density at radius 1 is 1.25 bits per heavy atom. The van der Waals surface area contributed by atoms with Crippen molar-refractivity contribution in [1.82, 2.24) is 9.88 Å². The molecule has 1 atom stereocenters. The van der Waals surface area contributed by atoms with E-state index in [2.05, 4.69) is 22.0 Å². The Bertz CT molecular complexity index is 664. The monoisotopic (exact) mass is 346 g/mol. The number of nitrogens with zero attached hydrogens (tertiary/aromatic N) is 2. The van der Waals surface area contributed by atoms with E-state index >= 15 is 0 Å². The summed E-state index contributed by atoms with van der Waals surface area (Å²) in [5, 5.41) is 0.414. The molecule has 1 aliphatic rings. The van der Waals surface area contributed by atoms with Gasteiger partial charge in [-0.25, -0.2) is 9.78 Å². The Morgan fingerprint density at radius 2 is 2.08 bits per heavy atom. The Balaban J connectivity index is 1.50. The highest BCUT2D eigenvalue weighted by molar-refractivity contribution is 6.29. The smallest absolute Gasteiger partial charge is 0.336 e. The highest BCUT2D eigenvalue weighted by Crippen LogP contribution is 2.13. The first-order valence-corrected chi connectivity index (χ1v) is 8.23. The van der Waals surface area contributed by atoms with Crippen molar-refractivity contribution in [1.29, 1.82) is 0 Å². The van der Waals surface area contributed by atoms with Crippen LogP contribution in [0.1, 0.15) is 11.1 Å². The van der Waals surface area contributed by atoms with Crippen LogP contribution < -0.4 is 0 Å². The number of aromatic nitrogens is 1. The fourth-order valence-corrected chi connectivity index (χ4v) is 2.68. The van der Waals surface area contributed by atoms with E-state index in [-0.39, 0.29) is 12.6 Å². The largest absolute Gasteiger partial charge is 0.459 e. The number of esters is 1. The molecule has 1 aliphatic heterocycles. The van der Waals surface area contributed by atoms with Crippen molar-refractivity contribution in [2.75, 3.05) is 19.7 Å². The first kappa shape index (κ1) is 16.9. The van der Waals surface area contributed by atoms with Gasteiger partial charge in [-0.3, -0.25) is 4.90 Å². The van der Waals surface area contributed by atoms with Gasteiger partial charge >= 0.3 is 5.97 Å². The summed E-state index contributed by atoms with van der Waals surface area (Å²) in [6.07, 6.45) is 1.04. The minimum absolute atomic E-state index is 0.168. The van der Waals surface area contributed by atoms with Gasteiger partial charge in [-0.2, -0.15) is 0 Å². The normalized spacial score (nSPS) is 18.3. The predicted octanol–water partition coefficient (Wildman–Crippen LogP) is 2.68. The number of benzene rings is 1. The van der Waals surface area contributed by atoms with Crippen LogP contribution in [0.3, 0.4) is 0 Å². The molecule has 0 aliphatic carbocycles. The van der Waals surface area contributed by atoms with Crippen molar-refractivity contribution >= 4 is 17.6 Å². The van der Waals surface area contributed by atoms with E-state index in [1.165, 1.54) is 5.56 Å². The molecule has 0 N–H and O–H groups in total. The van der Waals surface area contributed by atoms with Crippen molar-refractivity contribution in [3.8, 4) is 0 Å². The molecule has 1 fully saturated rings. The van der Waals surface area contributed by atoms with E-state index in [1.54, 1.807) is 18.3 Å². The van der Waals surface area contributed by atoms with Crippen LogP contribution in [-0.4, -0.2) is 41.7 Å². The summed E-state index contributed by atoms with van der Waals surface area (Å²) in [6.45, 7) is 2.83. The van der Waals surface area contributed by atoms with E-state index in [4.69, 9.17) is 21.1 Å². The Kier molecular flexibility index (Phi) is 5.80. The molecule has 2 aromatic rings. The summed E-state index contributed by atoms with van der Waals surface area (Å²) in [5.74, 6) is -0.345. The number of carbonyl (C=O) groups excluding carboxylic acids is 1. The average Bonchev–Trinajstić information content (AvgIpc) is 2.62. The molecule has 1 saturated heterocycles. The Hall–Kier alpha value is -1.95. The van der Waals surface area contributed by atoms with Crippen LogP contribution in [0.25, 0.3) is 0 Å². The highest BCUT2D eigenvalue weighted by atomic mass is 35.5. The molecule has 0 spiro atoms. The second kappa shape index (κ2) is 8.24. The maximum absolute atomic E-state index is 12.2. The van der Waals surface area contributed by atoms with Crippen molar-refractivity contribution in [2.45, 2.75) is 19.3 Å². The predicted molar refractivity (Wildman–Crippen MR) is 90.5 cm³/mol. The fourth-order valence-electron chi connectivity index (χ4n) is 2.57. The number of rotatable bonds is 5. The van der Waals surface area contributed by atoms with Crippen molar-refractivity contribution < 1.29 is 14.3 Å². The van der Waals surface area contributed by atoms with Gasteiger partial charge in [-0.1, -0.05) is 48.0 Å². The molecule has 0 amide bonds. The second-order valence-corrected chi connectivity index (χ2v) is 6.06. The van der Waals surface area contributed by atoms with Gasteiger partial charge in [0.1, 0.15) is 11.8 Å². The minimum Gasteiger partial charge on any atom is -0.459 e. The van der Waals surface area contributed by atoms with Gasteiger partial charge in [0.2, 0.25) is 0 Å². The first-order valence-electron chi connectivity index (χ1n) is 7.85. The van der Waals surface area contributed by atoms with E-state index in [1.807, 2.05) is 18.2 Å². The molecular formula is C18H19ClN2O3. The quantitative estimate of drug-likeness (QED) is 0.615. The summed E-state index contributed by atoms with van der Waals surface area (Å²) < 4.78 is 10.9. The molecule has 3 rings (SSSR count). The summed E-state index contributed by atoms with van der Waals surface area (Å²) >= 11 is 5.73. The molecule has 6 heteroatoms. The number of morpholine rings is 1. The minimum atomic E-state index is -0.553. The molecule has 0 saturated carbocycles. The lowest BCUT2D eigenvalue weighted by atomic mass is 10.2. The number of halogens is 1. The molecule has 24 heavy (non-hydrogen) atoms. The maximum Gasteiger partial charge on any atom is 0.336 e. The SMILES string of the molecule is O=C(OCc1ccc(Cl)nc1)C1CN(Cc2ccccc2)CCO1. The van der Waals surface area contributed by atoms with Crippen LogP contribution >= 0.6 is 11.6 Å². The van der Waals surface area contributed by atoms with Gasteiger partial charge in [0, 0.05) is 31.4 Å². The molecule has 2 heterocycles.